The molecule has 3 rings (SSSR count). The Bertz CT molecular complexity index is 825. The maximum atomic E-state index is 12.1. The number of nitrogens with one attached hydrogen (secondary N) is 1. The number of nitrogens with zero attached hydrogens (tertiary/aromatic N) is 3. The van der Waals surface area contributed by atoms with E-state index >= 15 is 0 Å². The summed E-state index contributed by atoms with van der Waals surface area (Å²) < 4.78 is 2.00. The molecule has 1 amide bonds. The number of aromatic nitrogens is 3. The van der Waals surface area contributed by atoms with Gasteiger partial charge in [-0.25, -0.2) is 4.98 Å². The number of pyridine rings is 1. The van der Waals surface area contributed by atoms with Gasteiger partial charge in [0.25, 0.3) is 0 Å². The summed E-state index contributed by atoms with van der Waals surface area (Å²) in [6.45, 7) is 4.14. The Kier molecular flexibility index (Phi) is 4.96. The standard InChI is InChI=1S/C18H18N4OS/c1-13-9-14(2)11-16(10-13)22-8-7-20-18(22)24-12-17(23)21-15-3-5-19-6-4-15/h3-11H,12H2,1-2H3,(H,19,21,23). The van der Waals surface area contributed by atoms with Gasteiger partial charge in [-0.15, -0.1) is 0 Å². The van der Waals surface area contributed by atoms with Crippen molar-refractivity contribution in [3.8, 4) is 5.69 Å². The molecule has 0 aliphatic heterocycles. The Morgan fingerprint density at radius 2 is 1.83 bits per heavy atom. The van der Waals surface area contributed by atoms with Crippen molar-refractivity contribution >= 4 is 23.4 Å². The highest BCUT2D eigenvalue weighted by molar-refractivity contribution is 7.99. The Hall–Kier alpha value is -2.60. The SMILES string of the molecule is Cc1cc(C)cc(-n2ccnc2SCC(=O)Nc2ccncc2)c1. The second-order valence-electron chi connectivity index (χ2n) is 5.50. The fourth-order valence-electron chi connectivity index (χ4n) is 2.45. The number of amides is 1. The van der Waals surface area contributed by atoms with E-state index in [0.717, 1.165) is 16.5 Å². The number of hydrogen-bond acceptors (Lipinski definition) is 4. The molecule has 0 saturated heterocycles. The van der Waals surface area contributed by atoms with Gasteiger partial charge in [0, 0.05) is 36.2 Å². The lowest BCUT2D eigenvalue weighted by molar-refractivity contribution is -0.113. The first-order chi connectivity index (χ1) is 11.6. The summed E-state index contributed by atoms with van der Waals surface area (Å²) in [5.41, 5.74) is 4.20. The lowest BCUT2D eigenvalue weighted by Crippen LogP contribution is -2.14. The zero-order chi connectivity index (χ0) is 16.9. The molecule has 0 bridgehead atoms. The molecule has 0 atom stereocenters. The van der Waals surface area contributed by atoms with Crippen molar-refractivity contribution in [1.82, 2.24) is 14.5 Å². The third-order valence-corrected chi connectivity index (χ3v) is 4.35. The van der Waals surface area contributed by atoms with Crippen LogP contribution in [0, 0.1) is 13.8 Å². The predicted molar refractivity (Wildman–Crippen MR) is 96.6 cm³/mol. The van der Waals surface area contributed by atoms with E-state index in [1.807, 2.05) is 10.8 Å². The number of thioether (sulfide) groups is 1. The Morgan fingerprint density at radius 3 is 2.54 bits per heavy atom. The monoisotopic (exact) mass is 338 g/mol. The first-order valence-corrected chi connectivity index (χ1v) is 8.55. The van der Waals surface area contributed by atoms with E-state index in [1.54, 1.807) is 30.7 Å². The van der Waals surface area contributed by atoms with Crippen LogP contribution in [-0.4, -0.2) is 26.2 Å². The Balaban J connectivity index is 1.68. The highest BCUT2D eigenvalue weighted by Crippen LogP contribution is 2.22. The Labute approximate surface area is 145 Å². The molecule has 5 nitrogen and oxygen atoms in total. The van der Waals surface area contributed by atoms with Gasteiger partial charge >= 0.3 is 0 Å². The van der Waals surface area contributed by atoms with Gasteiger partial charge < -0.3 is 5.32 Å². The second-order valence-corrected chi connectivity index (χ2v) is 6.44. The summed E-state index contributed by atoms with van der Waals surface area (Å²) in [6.07, 6.45) is 6.96. The van der Waals surface area contributed by atoms with Gasteiger partial charge in [-0.05, 0) is 49.2 Å². The van der Waals surface area contributed by atoms with Gasteiger partial charge in [0.15, 0.2) is 5.16 Å². The van der Waals surface area contributed by atoms with Crippen molar-refractivity contribution in [1.29, 1.82) is 0 Å². The van der Waals surface area contributed by atoms with Gasteiger partial charge in [-0.2, -0.15) is 0 Å². The smallest absolute Gasteiger partial charge is 0.234 e. The van der Waals surface area contributed by atoms with Gasteiger partial charge in [-0.1, -0.05) is 17.8 Å². The minimum absolute atomic E-state index is 0.0684. The average molecular weight is 338 g/mol. The van der Waals surface area contributed by atoms with Gasteiger partial charge in [0.1, 0.15) is 0 Å². The first kappa shape index (κ1) is 16.3. The van der Waals surface area contributed by atoms with Gasteiger partial charge in [-0.3, -0.25) is 14.3 Å². The molecule has 0 aliphatic rings. The van der Waals surface area contributed by atoms with E-state index in [2.05, 4.69) is 47.3 Å². The largest absolute Gasteiger partial charge is 0.325 e. The number of aryl methyl sites for hydroxylation is 2. The summed E-state index contributed by atoms with van der Waals surface area (Å²) in [6, 6.07) is 9.87. The highest BCUT2D eigenvalue weighted by atomic mass is 32.2. The number of anilines is 1. The first-order valence-electron chi connectivity index (χ1n) is 7.56. The van der Waals surface area contributed by atoms with Crippen LogP contribution in [0.25, 0.3) is 5.69 Å². The van der Waals surface area contributed by atoms with Crippen molar-refractivity contribution in [3.63, 3.8) is 0 Å². The lowest BCUT2D eigenvalue weighted by Gasteiger charge is -2.10. The van der Waals surface area contributed by atoms with E-state index in [9.17, 15) is 4.79 Å². The molecule has 3 aromatic rings. The topological polar surface area (TPSA) is 59.8 Å². The van der Waals surface area contributed by atoms with Crippen LogP contribution in [0.15, 0.2) is 60.3 Å². The van der Waals surface area contributed by atoms with Gasteiger partial charge in [0.2, 0.25) is 5.91 Å². The number of carbonyl (C=O) groups excluding carboxylic acids is 1. The van der Waals surface area contributed by atoms with Crippen molar-refractivity contribution in [2.75, 3.05) is 11.1 Å². The molecule has 0 radical (unpaired) electrons. The lowest BCUT2D eigenvalue weighted by atomic mass is 10.1. The van der Waals surface area contributed by atoms with Crippen molar-refractivity contribution in [3.05, 3.63) is 66.2 Å². The van der Waals surface area contributed by atoms with E-state index in [4.69, 9.17) is 0 Å². The number of hydrogen-bond donors (Lipinski definition) is 1. The van der Waals surface area contributed by atoms with Crippen LogP contribution in [0.5, 0.6) is 0 Å². The summed E-state index contributed by atoms with van der Waals surface area (Å²) in [5, 5.41) is 3.64. The molecule has 0 unspecified atom stereocenters. The fourth-order valence-corrected chi connectivity index (χ4v) is 3.22. The number of benzene rings is 1. The van der Waals surface area contributed by atoms with Crippen molar-refractivity contribution in [2.24, 2.45) is 0 Å². The number of rotatable bonds is 5. The third kappa shape index (κ3) is 4.02. The van der Waals surface area contributed by atoms with Crippen LogP contribution in [0.1, 0.15) is 11.1 Å². The maximum Gasteiger partial charge on any atom is 0.234 e. The van der Waals surface area contributed by atoms with Crippen LogP contribution >= 0.6 is 11.8 Å². The number of carbonyl (C=O) groups is 1. The zero-order valence-corrected chi connectivity index (χ0v) is 14.4. The molecule has 1 N–H and O–H groups in total. The van der Waals surface area contributed by atoms with E-state index in [-0.39, 0.29) is 5.91 Å². The van der Waals surface area contributed by atoms with E-state index < -0.39 is 0 Å². The predicted octanol–water partition coefficient (Wildman–Crippen LogP) is 3.61. The van der Waals surface area contributed by atoms with E-state index in [1.165, 1.54) is 22.9 Å². The molecule has 1 aromatic carbocycles. The van der Waals surface area contributed by atoms with Crippen molar-refractivity contribution in [2.45, 2.75) is 19.0 Å². The average Bonchev–Trinajstić information content (AvgIpc) is 3.01. The summed E-state index contributed by atoms with van der Waals surface area (Å²) in [4.78, 5) is 20.4. The molecule has 6 heteroatoms. The Morgan fingerprint density at radius 1 is 1.12 bits per heavy atom. The summed E-state index contributed by atoms with van der Waals surface area (Å²) in [7, 11) is 0. The second kappa shape index (κ2) is 7.31. The zero-order valence-electron chi connectivity index (χ0n) is 13.6. The molecule has 2 heterocycles. The molecular formula is C18H18N4OS. The van der Waals surface area contributed by atoms with Gasteiger partial charge in [0.05, 0.1) is 5.75 Å². The molecule has 0 fully saturated rings. The molecule has 24 heavy (non-hydrogen) atoms. The molecule has 0 saturated carbocycles. The van der Waals surface area contributed by atoms with Crippen LogP contribution in [-0.2, 0) is 4.79 Å². The normalized spacial score (nSPS) is 10.6. The third-order valence-electron chi connectivity index (χ3n) is 3.39. The minimum atomic E-state index is -0.0684. The molecule has 0 aliphatic carbocycles. The highest BCUT2D eigenvalue weighted by Gasteiger charge is 2.10. The van der Waals surface area contributed by atoms with Crippen LogP contribution in [0.2, 0.25) is 0 Å². The summed E-state index contributed by atoms with van der Waals surface area (Å²) >= 11 is 1.41. The van der Waals surface area contributed by atoms with E-state index in [0.29, 0.717) is 5.75 Å². The van der Waals surface area contributed by atoms with Crippen LogP contribution in [0.3, 0.4) is 0 Å². The minimum Gasteiger partial charge on any atom is -0.325 e. The fraction of sp³-hybridized carbons (Fsp3) is 0.167. The molecule has 2 aromatic heterocycles. The molecule has 122 valence electrons. The summed E-state index contributed by atoms with van der Waals surface area (Å²) in [5.74, 6) is 0.227. The molecular weight excluding hydrogens is 320 g/mol. The quantitative estimate of drug-likeness (QED) is 0.722. The maximum absolute atomic E-state index is 12.1. The van der Waals surface area contributed by atoms with Crippen molar-refractivity contribution < 1.29 is 4.79 Å². The van der Waals surface area contributed by atoms with Crippen LogP contribution in [0.4, 0.5) is 5.69 Å². The molecule has 0 spiro atoms. The van der Waals surface area contributed by atoms with Crippen LogP contribution < -0.4 is 5.32 Å². The number of imidazole rings is 1.